The monoisotopic (exact) mass is 431 g/mol. The van der Waals surface area contributed by atoms with E-state index in [1.165, 1.54) is 5.70 Å². The van der Waals surface area contributed by atoms with Crippen LogP contribution in [0.5, 0.6) is 0 Å². The fourth-order valence-electron chi connectivity index (χ4n) is 3.80. The van der Waals surface area contributed by atoms with E-state index in [1.54, 1.807) is 0 Å². The lowest BCUT2D eigenvalue weighted by molar-refractivity contribution is 0.363. The number of rotatable bonds is 7. The highest BCUT2D eigenvalue weighted by atomic mass is 15.2. The molecule has 1 aliphatic carbocycles. The molecule has 0 bridgehead atoms. The Hall–Kier alpha value is -3.19. The number of fused-ring (bicyclic) bond motifs is 1. The molecule has 1 atom stereocenters. The number of aryl methyl sites for hydroxylation is 1. The number of hydrogen-bond donors (Lipinski definition) is 2. The highest BCUT2D eigenvalue weighted by Gasteiger charge is 2.14. The van der Waals surface area contributed by atoms with Crippen molar-refractivity contribution in [2.45, 2.75) is 38.8 Å². The lowest BCUT2D eigenvalue weighted by atomic mass is 10.1. The number of hydrogen-bond acceptors (Lipinski definition) is 6. The van der Waals surface area contributed by atoms with Gasteiger partial charge < -0.3 is 15.5 Å². The van der Waals surface area contributed by atoms with Crippen LogP contribution in [0.3, 0.4) is 0 Å². The summed E-state index contributed by atoms with van der Waals surface area (Å²) in [7, 11) is 4.09. The molecule has 0 aliphatic heterocycles. The summed E-state index contributed by atoms with van der Waals surface area (Å²) in [6.07, 6.45) is 11.2. The minimum Gasteiger partial charge on any atom is -0.374 e. The average molecular weight is 432 g/mol. The smallest absolute Gasteiger partial charge is 0.223 e. The van der Waals surface area contributed by atoms with Gasteiger partial charge in [0.15, 0.2) is 0 Å². The fraction of sp³-hybridized carbons (Fsp3) is 0.400. The standard InChI is InChI=1S/C25H33N7/c1-25(2,3)27-14-15-31(4)21-9-7-20(8-10-21)29-24-26-13-12-22(30-24)18-6-11-23-19(16-18)17-28-32(23)5/h6-7,9-13,16-17,20,27H,8,14-15H2,1-5H3,(H,26,29,30). The number of allylic oxidation sites excluding steroid dienone is 1. The van der Waals surface area contributed by atoms with E-state index in [0.717, 1.165) is 41.7 Å². The molecular weight excluding hydrogens is 398 g/mol. The molecule has 2 heterocycles. The third-order valence-electron chi connectivity index (χ3n) is 5.64. The molecule has 0 saturated heterocycles. The van der Waals surface area contributed by atoms with Crippen molar-refractivity contribution in [3.63, 3.8) is 0 Å². The van der Waals surface area contributed by atoms with E-state index in [2.05, 4.69) is 89.9 Å². The van der Waals surface area contributed by atoms with E-state index >= 15 is 0 Å². The molecule has 7 nitrogen and oxygen atoms in total. The number of nitrogens with one attached hydrogen (secondary N) is 2. The molecular formula is C25H33N7. The zero-order chi connectivity index (χ0) is 22.7. The van der Waals surface area contributed by atoms with Gasteiger partial charge in [0, 0.05) is 55.6 Å². The molecule has 32 heavy (non-hydrogen) atoms. The quantitative estimate of drug-likeness (QED) is 0.590. The molecule has 3 aromatic rings. The van der Waals surface area contributed by atoms with Crippen LogP contribution in [0, 0.1) is 0 Å². The molecule has 4 rings (SSSR count). The summed E-state index contributed by atoms with van der Waals surface area (Å²) in [6, 6.07) is 8.40. The van der Waals surface area contributed by atoms with Gasteiger partial charge in [-0.15, -0.1) is 0 Å². The second-order valence-corrected chi connectivity index (χ2v) is 9.38. The van der Waals surface area contributed by atoms with Crippen LogP contribution in [0.4, 0.5) is 5.95 Å². The van der Waals surface area contributed by atoms with Crippen LogP contribution in [0.15, 0.2) is 60.6 Å². The first kappa shape index (κ1) is 22.0. The van der Waals surface area contributed by atoms with Crippen LogP contribution in [0.1, 0.15) is 27.2 Å². The number of anilines is 1. The van der Waals surface area contributed by atoms with E-state index in [-0.39, 0.29) is 11.6 Å². The third kappa shape index (κ3) is 5.34. The number of likely N-dealkylation sites (N-methyl/N-ethyl adjacent to an activating group) is 1. The predicted octanol–water partition coefficient (Wildman–Crippen LogP) is 3.97. The normalized spacial score (nSPS) is 16.3. The summed E-state index contributed by atoms with van der Waals surface area (Å²) in [5.41, 5.74) is 4.46. The first-order chi connectivity index (χ1) is 15.3. The van der Waals surface area contributed by atoms with Crippen molar-refractivity contribution >= 4 is 16.9 Å². The Bertz CT molecular complexity index is 1140. The molecule has 0 fully saturated rings. The lowest BCUT2D eigenvalue weighted by Gasteiger charge is -2.27. The number of aromatic nitrogens is 4. The number of benzene rings is 1. The van der Waals surface area contributed by atoms with E-state index in [0.29, 0.717) is 5.95 Å². The maximum Gasteiger partial charge on any atom is 0.223 e. The zero-order valence-electron chi connectivity index (χ0n) is 19.6. The molecule has 168 valence electrons. The SMILES string of the molecule is CN(CCNC(C)(C)C)C1=CCC(Nc2nccc(-c3ccc4c(cnn4C)c3)n2)C=C1. The van der Waals surface area contributed by atoms with Gasteiger partial charge in [-0.25, -0.2) is 9.97 Å². The average Bonchev–Trinajstić information content (AvgIpc) is 3.14. The minimum absolute atomic E-state index is 0.144. The highest BCUT2D eigenvalue weighted by Crippen LogP contribution is 2.24. The predicted molar refractivity (Wildman–Crippen MR) is 131 cm³/mol. The molecule has 2 aromatic heterocycles. The van der Waals surface area contributed by atoms with Crippen molar-refractivity contribution in [3.8, 4) is 11.3 Å². The Morgan fingerprint density at radius 3 is 2.81 bits per heavy atom. The summed E-state index contributed by atoms with van der Waals surface area (Å²) in [4.78, 5) is 11.5. The Balaban J connectivity index is 1.37. The van der Waals surface area contributed by atoms with E-state index in [1.807, 2.05) is 30.2 Å². The van der Waals surface area contributed by atoms with Gasteiger partial charge in [0.05, 0.1) is 23.4 Å². The fourth-order valence-corrected chi connectivity index (χ4v) is 3.80. The van der Waals surface area contributed by atoms with Crippen molar-refractivity contribution in [2.75, 3.05) is 25.5 Å². The maximum absolute atomic E-state index is 4.75. The van der Waals surface area contributed by atoms with Gasteiger partial charge in [0.2, 0.25) is 5.95 Å². The largest absolute Gasteiger partial charge is 0.374 e. The zero-order valence-corrected chi connectivity index (χ0v) is 19.6. The molecule has 0 saturated carbocycles. The molecule has 1 unspecified atom stereocenters. The van der Waals surface area contributed by atoms with Gasteiger partial charge >= 0.3 is 0 Å². The van der Waals surface area contributed by atoms with Crippen molar-refractivity contribution in [1.29, 1.82) is 0 Å². The van der Waals surface area contributed by atoms with E-state index < -0.39 is 0 Å². The summed E-state index contributed by atoms with van der Waals surface area (Å²) < 4.78 is 1.88. The topological polar surface area (TPSA) is 70.9 Å². The van der Waals surface area contributed by atoms with Crippen LogP contribution in [0.25, 0.3) is 22.2 Å². The molecule has 0 radical (unpaired) electrons. The van der Waals surface area contributed by atoms with Crippen LogP contribution in [-0.2, 0) is 7.05 Å². The van der Waals surface area contributed by atoms with Crippen molar-refractivity contribution in [2.24, 2.45) is 7.05 Å². The summed E-state index contributed by atoms with van der Waals surface area (Å²) in [6.45, 7) is 8.50. The maximum atomic E-state index is 4.75. The first-order valence-electron chi connectivity index (χ1n) is 11.1. The molecule has 1 aliphatic rings. The Morgan fingerprint density at radius 2 is 2.06 bits per heavy atom. The van der Waals surface area contributed by atoms with Gasteiger partial charge in [0.1, 0.15) is 0 Å². The van der Waals surface area contributed by atoms with Crippen molar-refractivity contribution in [3.05, 3.63) is 60.6 Å². The van der Waals surface area contributed by atoms with Gasteiger partial charge in [-0.1, -0.05) is 18.2 Å². The molecule has 2 N–H and O–H groups in total. The van der Waals surface area contributed by atoms with Gasteiger partial charge in [0.25, 0.3) is 0 Å². The van der Waals surface area contributed by atoms with E-state index in [4.69, 9.17) is 4.98 Å². The molecule has 0 spiro atoms. The molecule has 0 amide bonds. The minimum atomic E-state index is 0.144. The summed E-state index contributed by atoms with van der Waals surface area (Å²) >= 11 is 0. The van der Waals surface area contributed by atoms with Crippen molar-refractivity contribution < 1.29 is 0 Å². The van der Waals surface area contributed by atoms with Gasteiger partial charge in [-0.2, -0.15) is 5.10 Å². The lowest BCUT2D eigenvalue weighted by Crippen LogP contribution is -2.40. The van der Waals surface area contributed by atoms with Crippen LogP contribution >= 0.6 is 0 Å². The van der Waals surface area contributed by atoms with Crippen LogP contribution in [-0.4, -0.2) is 56.4 Å². The summed E-state index contributed by atoms with van der Waals surface area (Å²) in [5, 5.41) is 12.4. The highest BCUT2D eigenvalue weighted by molar-refractivity contribution is 5.83. The van der Waals surface area contributed by atoms with Crippen LogP contribution in [0.2, 0.25) is 0 Å². The second kappa shape index (κ2) is 9.12. The number of nitrogens with zero attached hydrogens (tertiary/aromatic N) is 5. The Morgan fingerprint density at radius 1 is 1.22 bits per heavy atom. The van der Waals surface area contributed by atoms with Gasteiger partial charge in [-0.3, -0.25) is 4.68 Å². The Labute approximate surface area is 190 Å². The van der Waals surface area contributed by atoms with E-state index in [9.17, 15) is 0 Å². The third-order valence-corrected chi connectivity index (χ3v) is 5.64. The molecule has 7 heteroatoms. The van der Waals surface area contributed by atoms with Gasteiger partial charge in [-0.05, 0) is 51.5 Å². The summed E-state index contributed by atoms with van der Waals surface area (Å²) in [5.74, 6) is 0.642. The first-order valence-corrected chi connectivity index (χ1v) is 11.1. The van der Waals surface area contributed by atoms with Crippen molar-refractivity contribution in [1.82, 2.24) is 30.0 Å². The second-order valence-electron chi connectivity index (χ2n) is 9.38. The Kier molecular flexibility index (Phi) is 6.28. The van der Waals surface area contributed by atoms with Crippen LogP contribution < -0.4 is 10.6 Å². The molecule has 1 aromatic carbocycles.